The van der Waals surface area contributed by atoms with Gasteiger partial charge < -0.3 is 5.32 Å². The highest BCUT2D eigenvalue weighted by Crippen LogP contribution is 2.37. The Labute approximate surface area is 180 Å². The molecular weight excluding hydrogens is 462 g/mol. The van der Waals surface area contributed by atoms with Crippen LogP contribution in [0.25, 0.3) is 0 Å². The fourth-order valence-corrected chi connectivity index (χ4v) is 4.93. The van der Waals surface area contributed by atoms with E-state index < -0.39 is 51.0 Å². The number of nitrogens with zero attached hydrogens (tertiary/aromatic N) is 1. The molecule has 0 radical (unpaired) electrons. The molecule has 0 unspecified atom stereocenters. The zero-order valence-corrected chi connectivity index (χ0v) is 17.2. The van der Waals surface area contributed by atoms with Crippen LogP contribution in [-0.2, 0) is 27.2 Å². The van der Waals surface area contributed by atoms with Crippen molar-refractivity contribution >= 4 is 21.6 Å². The van der Waals surface area contributed by atoms with Gasteiger partial charge in [-0.1, -0.05) is 18.2 Å². The van der Waals surface area contributed by atoms with Crippen LogP contribution in [0, 0.1) is 5.92 Å². The summed E-state index contributed by atoms with van der Waals surface area (Å²) in [5.74, 6) is -1.79. The number of sulfonamides is 1. The fraction of sp³-hybridized carbons (Fsp3) is 0.350. The first-order chi connectivity index (χ1) is 14.8. The van der Waals surface area contributed by atoms with Crippen LogP contribution in [0.4, 0.5) is 32.0 Å². The van der Waals surface area contributed by atoms with Crippen LogP contribution in [0.3, 0.4) is 0 Å². The highest BCUT2D eigenvalue weighted by atomic mass is 32.2. The number of anilines is 1. The Morgan fingerprint density at radius 1 is 0.938 bits per heavy atom. The van der Waals surface area contributed by atoms with Gasteiger partial charge in [0.25, 0.3) is 0 Å². The fourth-order valence-electron chi connectivity index (χ4n) is 3.39. The lowest BCUT2D eigenvalue weighted by Crippen LogP contribution is -2.43. The van der Waals surface area contributed by atoms with E-state index in [9.17, 15) is 39.6 Å². The molecule has 12 heteroatoms. The first kappa shape index (κ1) is 24.1. The highest BCUT2D eigenvalue weighted by molar-refractivity contribution is 7.89. The summed E-state index contributed by atoms with van der Waals surface area (Å²) in [6.45, 7) is -0.100. The van der Waals surface area contributed by atoms with Crippen LogP contribution in [0.2, 0.25) is 0 Å². The summed E-state index contributed by atoms with van der Waals surface area (Å²) in [5.41, 5.74) is -3.78. The lowest BCUT2D eigenvalue weighted by atomic mass is 9.98. The largest absolute Gasteiger partial charge is 0.416 e. The normalized spacial score (nSPS) is 18.4. The third kappa shape index (κ3) is 5.41. The molecule has 5 nitrogen and oxygen atoms in total. The average Bonchev–Trinajstić information content (AvgIpc) is 2.73. The van der Waals surface area contributed by atoms with Crippen molar-refractivity contribution < 1.29 is 39.6 Å². The molecule has 0 bridgehead atoms. The standard InChI is InChI=1S/C20H18F6N2O3S/c21-19(22,23)14-9-15(20(24,25)26)11-16(10-14)27-18(29)13-5-4-8-28(12-13)32(30,31)17-6-2-1-3-7-17/h1-3,6-7,9-11,13H,4-5,8,12H2,(H,27,29)/t13-/m1/s1. The smallest absolute Gasteiger partial charge is 0.326 e. The van der Waals surface area contributed by atoms with Crippen LogP contribution in [0.15, 0.2) is 53.4 Å². The second-order valence-electron chi connectivity index (χ2n) is 7.30. The number of piperidine rings is 1. The van der Waals surface area contributed by atoms with Crippen molar-refractivity contribution in [3.63, 3.8) is 0 Å². The molecule has 2 aromatic carbocycles. The Bertz CT molecular complexity index is 1050. The predicted octanol–water partition coefficient (Wildman–Crippen LogP) is 4.76. The maximum atomic E-state index is 13.0. The molecule has 1 aliphatic rings. The van der Waals surface area contributed by atoms with Crippen molar-refractivity contribution in [3.05, 3.63) is 59.7 Å². The topological polar surface area (TPSA) is 66.5 Å². The molecule has 0 aromatic heterocycles. The van der Waals surface area contributed by atoms with Gasteiger partial charge in [-0.15, -0.1) is 0 Å². The van der Waals surface area contributed by atoms with Crippen molar-refractivity contribution in [2.24, 2.45) is 5.92 Å². The van der Waals surface area contributed by atoms with Crippen molar-refractivity contribution in [1.29, 1.82) is 0 Å². The Morgan fingerprint density at radius 3 is 2.03 bits per heavy atom. The molecule has 1 aliphatic heterocycles. The first-order valence-electron chi connectivity index (χ1n) is 9.44. The molecule has 3 rings (SSSR count). The molecule has 0 saturated carbocycles. The quantitative estimate of drug-likeness (QED) is 0.642. The minimum absolute atomic E-state index is 0.0220. The maximum absolute atomic E-state index is 13.0. The van der Waals surface area contributed by atoms with Crippen LogP contribution < -0.4 is 5.32 Å². The summed E-state index contributed by atoms with van der Waals surface area (Å²) in [7, 11) is -3.90. The summed E-state index contributed by atoms with van der Waals surface area (Å²) in [5, 5.41) is 2.09. The van der Waals surface area contributed by atoms with Crippen molar-refractivity contribution in [2.75, 3.05) is 18.4 Å². The summed E-state index contributed by atoms with van der Waals surface area (Å²) in [4.78, 5) is 12.6. The number of hydrogen-bond acceptors (Lipinski definition) is 3. The van der Waals surface area contributed by atoms with Gasteiger partial charge in [0, 0.05) is 18.8 Å². The van der Waals surface area contributed by atoms with Crippen LogP contribution in [0.1, 0.15) is 24.0 Å². The van der Waals surface area contributed by atoms with Gasteiger partial charge in [-0.2, -0.15) is 30.6 Å². The third-order valence-corrected chi connectivity index (χ3v) is 6.87. The zero-order chi connectivity index (χ0) is 23.7. The number of hydrogen-bond donors (Lipinski definition) is 1. The molecule has 2 aromatic rings. The van der Waals surface area contributed by atoms with Gasteiger partial charge in [0.15, 0.2) is 0 Å². The van der Waals surface area contributed by atoms with E-state index in [1.165, 1.54) is 24.3 Å². The second kappa shape index (κ2) is 8.74. The molecule has 1 atom stereocenters. The number of nitrogens with one attached hydrogen (secondary N) is 1. The van der Waals surface area contributed by atoms with Gasteiger partial charge in [0.2, 0.25) is 15.9 Å². The van der Waals surface area contributed by atoms with E-state index in [-0.39, 0.29) is 30.5 Å². The van der Waals surface area contributed by atoms with E-state index >= 15 is 0 Å². The minimum Gasteiger partial charge on any atom is -0.326 e. The Hall–Kier alpha value is -2.60. The number of halogens is 6. The second-order valence-corrected chi connectivity index (χ2v) is 9.24. The van der Waals surface area contributed by atoms with Crippen molar-refractivity contribution in [3.8, 4) is 0 Å². The lowest BCUT2D eigenvalue weighted by molar-refractivity contribution is -0.143. The van der Waals surface area contributed by atoms with E-state index in [1.807, 2.05) is 0 Å². The molecule has 1 fully saturated rings. The van der Waals surface area contributed by atoms with Crippen molar-refractivity contribution in [2.45, 2.75) is 30.1 Å². The molecule has 174 valence electrons. The molecule has 0 aliphatic carbocycles. The number of benzene rings is 2. The van der Waals surface area contributed by atoms with Crippen molar-refractivity contribution in [1.82, 2.24) is 4.31 Å². The van der Waals surface area contributed by atoms with Crippen LogP contribution in [-0.4, -0.2) is 31.7 Å². The Morgan fingerprint density at radius 2 is 1.50 bits per heavy atom. The Kier molecular flexibility index (Phi) is 6.57. The van der Waals surface area contributed by atoms with E-state index in [1.54, 1.807) is 6.07 Å². The summed E-state index contributed by atoms with van der Waals surface area (Å²) in [6.07, 6.45) is -9.56. The molecule has 1 N–H and O–H groups in total. The molecule has 32 heavy (non-hydrogen) atoms. The van der Waals surface area contributed by atoms with E-state index in [2.05, 4.69) is 5.32 Å². The monoisotopic (exact) mass is 480 g/mol. The number of amides is 1. The van der Waals surface area contributed by atoms with Crippen LogP contribution >= 0.6 is 0 Å². The third-order valence-electron chi connectivity index (χ3n) is 4.99. The van der Waals surface area contributed by atoms with Crippen LogP contribution in [0.5, 0.6) is 0 Å². The van der Waals surface area contributed by atoms with E-state index in [0.29, 0.717) is 18.6 Å². The SMILES string of the molecule is O=C(Nc1cc(C(F)(F)F)cc(C(F)(F)F)c1)[C@@H]1CCCN(S(=O)(=O)c2ccccc2)C1. The van der Waals surface area contributed by atoms with Gasteiger partial charge in [0.05, 0.1) is 21.9 Å². The molecule has 1 saturated heterocycles. The van der Waals surface area contributed by atoms with Gasteiger partial charge >= 0.3 is 12.4 Å². The predicted molar refractivity (Wildman–Crippen MR) is 103 cm³/mol. The molecular formula is C20H18F6N2O3S. The summed E-state index contributed by atoms with van der Waals surface area (Å²) < 4.78 is 105. The van der Waals surface area contributed by atoms with Gasteiger partial charge in [0.1, 0.15) is 0 Å². The Balaban J connectivity index is 1.81. The van der Waals surface area contributed by atoms with Gasteiger partial charge in [-0.3, -0.25) is 4.79 Å². The summed E-state index contributed by atoms with van der Waals surface area (Å²) >= 11 is 0. The number of alkyl halides is 6. The summed E-state index contributed by atoms with van der Waals surface area (Å²) in [6, 6.07) is 8.27. The molecule has 0 spiro atoms. The molecule has 1 amide bonds. The van der Waals surface area contributed by atoms with Gasteiger partial charge in [-0.25, -0.2) is 8.42 Å². The maximum Gasteiger partial charge on any atom is 0.416 e. The minimum atomic E-state index is -5.05. The van der Waals surface area contributed by atoms with E-state index in [0.717, 1.165) is 4.31 Å². The van der Waals surface area contributed by atoms with Gasteiger partial charge in [-0.05, 0) is 43.2 Å². The lowest BCUT2D eigenvalue weighted by Gasteiger charge is -2.31. The number of carbonyl (C=O) groups is 1. The number of carbonyl (C=O) groups excluding carboxylic acids is 1. The number of rotatable bonds is 4. The average molecular weight is 480 g/mol. The van der Waals surface area contributed by atoms with E-state index in [4.69, 9.17) is 0 Å². The zero-order valence-electron chi connectivity index (χ0n) is 16.4. The molecule has 1 heterocycles. The first-order valence-corrected chi connectivity index (χ1v) is 10.9. The highest BCUT2D eigenvalue weighted by Gasteiger charge is 2.38.